The fourth-order valence-corrected chi connectivity index (χ4v) is 3.04. The van der Waals surface area contributed by atoms with Crippen LogP contribution in [-0.4, -0.2) is 43.0 Å². The SMILES string of the molecule is C=CCCCN(C)C(=NC)NCCc1nc(C(C)(C)C)cs1. The first kappa shape index (κ1) is 18.7. The smallest absolute Gasteiger partial charge is 0.193 e. The van der Waals surface area contributed by atoms with Crippen molar-refractivity contribution in [3.8, 4) is 0 Å². The van der Waals surface area contributed by atoms with Gasteiger partial charge < -0.3 is 10.2 Å². The monoisotopic (exact) mass is 322 g/mol. The fraction of sp³-hybridized carbons (Fsp3) is 0.647. The lowest BCUT2D eigenvalue weighted by atomic mass is 9.93. The van der Waals surface area contributed by atoms with Crippen molar-refractivity contribution in [2.75, 3.05) is 27.2 Å². The van der Waals surface area contributed by atoms with Crippen molar-refractivity contribution >= 4 is 17.3 Å². The molecule has 0 unspecified atom stereocenters. The maximum absolute atomic E-state index is 4.72. The zero-order valence-corrected chi connectivity index (χ0v) is 15.5. The summed E-state index contributed by atoms with van der Waals surface area (Å²) in [6.45, 7) is 12.2. The second-order valence-electron chi connectivity index (χ2n) is 6.45. The number of thiazole rings is 1. The van der Waals surface area contributed by atoms with Crippen LogP contribution in [0.25, 0.3) is 0 Å². The molecule has 0 aromatic carbocycles. The molecule has 4 nitrogen and oxygen atoms in total. The van der Waals surface area contributed by atoms with E-state index in [1.165, 1.54) is 10.7 Å². The van der Waals surface area contributed by atoms with Crippen molar-refractivity contribution in [3.63, 3.8) is 0 Å². The van der Waals surface area contributed by atoms with Crippen LogP contribution in [0.1, 0.15) is 44.3 Å². The Balaban J connectivity index is 2.41. The van der Waals surface area contributed by atoms with E-state index >= 15 is 0 Å². The molecule has 0 aliphatic rings. The van der Waals surface area contributed by atoms with Crippen molar-refractivity contribution in [1.29, 1.82) is 0 Å². The van der Waals surface area contributed by atoms with Crippen LogP contribution in [0.4, 0.5) is 0 Å². The van der Waals surface area contributed by atoms with Gasteiger partial charge in [0.05, 0.1) is 10.7 Å². The molecule has 124 valence electrons. The van der Waals surface area contributed by atoms with Crippen LogP contribution in [0.2, 0.25) is 0 Å². The largest absolute Gasteiger partial charge is 0.356 e. The number of allylic oxidation sites excluding steroid dienone is 1. The Morgan fingerprint density at radius 3 is 2.77 bits per heavy atom. The molecule has 0 spiro atoms. The summed E-state index contributed by atoms with van der Waals surface area (Å²) in [7, 11) is 3.90. The van der Waals surface area contributed by atoms with Crippen LogP contribution < -0.4 is 5.32 Å². The van der Waals surface area contributed by atoms with E-state index in [0.717, 1.165) is 38.3 Å². The van der Waals surface area contributed by atoms with E-state index in [9.17, 15) is 0 Å². The molecule has 0 fully saturated rings. The van der Waals surface area contributed by atoms with E-state index in [4.69, 9.17) is 4.98 Å². The lowest BCUT2D eigenvalue weighted by Gasteiger charge is -2.21. The van der Waals surface area contributed by atoms with Gasteiger partial charge in [-0.3, -0.25) is 4.99 Å². The van der Waals surface area contributed by atoms with Gasteiger partial charge >= 0.3 is 0 Å². The first-order valence-electron chi connectivity index (χ1n) is 7.86. The molecule has 0 amide bonds. The summed E-state index contributed by atoms with van der Waals surface area (Å²) in [6.07, 6.45) is 5.03. The zero-order valence-electron chi connectivity index (χ0n) is 14.6. The van der Waals surface area contributed by atoms with Gasteiger partial charge in [0.1, 0.15) is 0 Å². The number of hydrogen-bond donors (Lipinski definition) is 1. The molecule has 0 saturated carbocycles. The van der Waals surface area contributed by atoms with Crippen LogP contribution in [0, 0.1) is 0 Å². The minimum atomic E-state index is 0.129. The van der Waals surface area contributed by atoms with Gasteiger partial charge in [0.15, 0.2) is 5.96 Å². The van der Waals surface area contributed by atoms with Crippen molar-refractivity contribution < 1.29 is 0 Å². The second-order valence-corrected chi connectivity index (χ2v) is 7.40. The van der Waals surface area contributed by atoms with Crippen molar-refractivity contribution in [3.05, 3.63) is 28.7 Å². The van der Waals surface area contributed by atoms with Gasteiger partial charge in [0.2, 0.25) is 0 Å². The Bertz CT molecular complexity index is 485. The third-order valence-corrected chi connectivity index (χ3v) is 4.33. The molecule has 0 aliphatic heterocycles. The summed E-state index contributed by atoms with van der Waals surface area (Å²) >= 11 is 1.75. The normalized spacial score (nSPS) is 12.3. The highest BCUT2D eigenvalue weighted by Gasteiger charge is 2.17. The summed E-state index contributed by atoms with van der Waals surface area (Å²) in [5.74, 6) is 0.941. The predicted octanol–water partition coefficient (Wildman–Crippen LogP) is 3.46. The lowest BCUT2D eigenvalue weighted by molar-refractivity contribution is 0.470. The molecule has 1 heterocycles. The minimum absolute atomic E-state index is 0.129. The Morgan fingerprint density at radius 2 is 2.23 bits per heavy atom. The van der Waals surface area contributed by atoms with E-state index in [1.54, 1.807) is 11.3 Å². The number of aliphatic imine (C=N–C) groups is 1. The lowest BCUT2D eigenvalue weighted by Crippen LogP contribution is -2.40. The number of nitrogens with zero attached hydrogens (tertiary/aromatic N) is 3. The predicted molar refractivity (Wildman–Crippen MR) is 97.9 cm³/mol. The molecule has 0 aliphatic carbocycles. The van der Waals surface area contributed by atoms with Gasteiger partial charge in [-0.25, -0.2) is 4.98 Å². The molecule has 5 heteroatoms. The molecular weight excluding hydrogens is 292 g/mol. The Kier molecular flexibility index (Phi) is 7.59. The Morgan fingerprint density at radius 1 is 1.50 bits per heavy atom. The first-order chi connectivity index (χ1) is 10.4. The Labute approximate surface area is 139 Å². The minimum Gasteiger partial charge on any atom is -0.356 e. The summed E-state index contributed by atoms with van der Waals surface area (Å²) in [6, 6.07) is 0. The zero-order chi connectivity index (χ0) is 16.6. The molecule has 0 atom stereocenters. The van der Waals surface area contributed by atoms with E-state index < -0.39 is 0 Å². The van der Waals surface area contributed by atoms with E-state index in [0.29, 0.717) is 0 Å². The topological polar surface area (TPSA) is 40.5 Å². The van der Waals surface area contributed by atoms with Crippen LogP contribution in [0.15, 0.2) is 23.0 Å². The molecule has 0 saturated heterocycles. The van der Waals surface area contributed by atoms with Crippen LogP contribution >= 0.6 is 11.3 Å². The maximum Gasteiger partial charge on any atom is 0.193 e. The van der Waals surface area contributed by atoms with Gasteiger partial charge in [-0.2, -0.15) is 0 Å². The standard InChI is InChI=1S/C17H30N4S/c1-7-8-9-12-21(6)16(18-5)19-11-10-15-20-14(13-22-15)17(2,3)4/h7,13H,1,8-12H2,2-6H3,(H,18,19). The summed E-state index contributed by atoms with van der Waals surface area (Å²) < 4.78 is 0. The Hall–Kier alpha value is -1.36. The number of rotatable bonds is 7. The van der Waals surface area contributed by atoms with Gasteiger partial charge in [0, 0.05) is 44.4 Å². The molecular formula is C17H30N4S. The molecule has 0 radical (unpaired) electrons. The average Bonchev–Trinajstić information content (AvgIpc) is 2.92. The van der Waals surface area contributed by atoms with Crippen molar-refractivity contribution in [2.24, 2.45) is 4.99 Å². The highest BCUT2D eigenvalue weighted by molar-refractivity contribution is 7.09. The van der Waals surface area contributed by atoms with Crippen LogP contribution in [-0.2, 0) is 11.8 Å². The molecule has 0 bridgehead atoms. The van der Waals surface area contributed by atoms with Gasteiger partial charge in [-0.05, 0) is 12.8 Å². The summed E-state index contributed by atoms with van der Waals surface area (Å²) in [4.78, 5) is 11.2. The van der Waals surface area contributed by atoms with E-state index in [1.807, 2.05) is 13.1 Å². The number of hydrogen-bond acceptors (Lipinski definition) is 3. The third-order valence-electron chi connectivity index (χ3n) is 3.42. The number of aromatic nitrogens is 1. The molecule has 1 rings (SSSR count). The number of nitrogens with one attached hydrogen (secondary N) is 1. The summed E-state index contributed by atoms with van der Waals surface area (Å²) in [5, 5.41) is 6.76. The molecule has 1 aromatic heterocycles. The van der Waals surface area contributed by atoms with Gasteiger partial charge in [-0.1, -0.05) is 26.8 Å². The van der Waals surface area contributed by atoms with E-state index in [-0.39, 0.29) is 5.41 Å². The number of unbranched alkanes of at least 4 members (excludes halogenated alkanes) is 1. The van der Waals surface area contributed by atoms with Crippen LogP contribution in [0.3, 0.4) is 0 Å². The first-order valence-corrected chi connectivity index (χ1v) is 8.74. The summed E-state index contributed by atoms with van der Waals surface area (Å²) in [5.41, 5.74) is 1.31. The van der Waals surface area contributed by atoms with Gasteiger partial charge in [0.25, 0.3) is 0 Å². The maximum atomic E-state index is 4.72. The quantitative estimate of drug-likeness (QED) is 0.362. The molecule has 1 aromatic rings. The van der Waals surface area contributed by atoms with Crippen molar-refractivity contribution in [2.45, 2.75) is 45.4 Å². The number of guanidine groups is 1. The third kappa shape index (κ3) is 6.18. The van der Waals surface area contributed by atoms with Crippen molar-refractivity contribution in [1.82, 2.24) is 15.2 Å². The highest BCUT2D eigenvalue weighted by Crippen LogP contribution is 2.23. The molecule has 22 heavy (non-hydrogen) atoms. The second kappa shape index (κ2) is 8.93. The van der Waals surface area contributed by atoms with Crippen LogP contribution in [0.5, 0.6) is 0 Å². The fourth-order valence-electron chi connectivity index (χ4n) is 2.01. The van der Waals surface area contributed by atoms with Gasteiger partial charge in [-0.15, -0.1) is 17.9 Å². The molecule has 1 N–H and O–H groups in total. The highest BCUT2D eigenvalue weighted by atomic mass is 32.1. The van der Waals surface area contributed by atoms with E-state index in [2.05, 4.69) is 55.0 Å². The average molecular weight is 323 g/mol.